The fourth-order valence-electron chi connectivity index (χ4n) is 2.35. The summed E-state index contributed by atoms with van der Waals surface area (Å²) in [6.07, 6.45) is 1.18. The van der Waals surface area contributed by atoms with Crippen LogP contribution in [0, 0.1) is 5.92 Å². The van der Waals surface area contributed by atoms with E-state index in [2.05, 4.69) is 4.74 Å². The summed E-state index contributed by atoms with van der Waals surface area (Å²) in [6.45, 7) is 3.28. The molecule has 2 atom stereocenters. The topological polar surface area (TPSA) is 60.4 Å². The summed E-state index contributed by atoms with van der Waals surface area (Å²) in [4.78, 5) is 11.4. The van der Waals surface area contributed by atoms with Crippen LogP contribution in [0.2, 0.25) is 0 Å². The van der Waals surface area contributed by atoms with Crippen LogP contribution in [-0.2, 0) is 21.1 Å². The zero-order valence-corrected chi connectivity index (χ0v) is 13.4. The molecule has 0 aliphatic heterocycles. The number of rotatable bonds is 7. The maximum Gasteiger partial charge on any atom is 0.337 e. The molecular formula is C15H21FO4S. The van der Waals surface area contributed by atoms with E-state index in [9.17, 15) is 13.2 Å². The predicted octanol–water partition coefficient (Wildman–Crippen LogP) is 2.69. The SMILES string of the molecule is CCCC(C[SH](=O)=O)C(C)(F)c1ccc(C(=O)OC)cc1. The Balaban J connectivity index is 3.06. The van der Waals surface area contributed by atoms with E-state index in [4.69, 9.17) is 0 Å². The van der Waals surface area contributed by atoms with Crippen molar-refractivity contribution in [1.29, 1.82) is 0 Å². The van der Waals surface area contributed by atoms with Crippen molar-refractivity contribution in [3.05, 3.63) is 35.4 Å². The molecule has 4 nitrogen and oxygen atoms in total. The van der Waals surface area contributed by atoms with Crippen LogP contribution in [0.25, 0.3) is 0 Å². The quantitative estimate of drug-likeness (QED) is 0.620. The van der Waals surface area contributed by atoms with Crippen molar-refractivity contribution in [3.8, 4) is 0 Å². The Kier molecular flexibility index (Phi) is 6.33. The van der Waals surface area contributed by atoms with Gasteiger partial charge in [0.05, 0.1) is 18.4 Å². The Labute approximate surface area is 126 Å². The molecule has 0 spiro atoms. The van der Waals surface area contributed by atoms with Gasteiger partial charge in [0.2, 0.25) is 0 Å². The van der Waals surface area contributed by atoms with Crippen LogP contribution >= 0.6 is 0 Å². The number of hydrogen-bond donors (Lipinski definition) is 1. The number of carbonyl (C=O) groups is 1. The first-order valence-electron chi connectivity index (χ1n) is 6.82. The number of methoxy groups -OCH3 is 1. The molecule has 0 saturated heterocycles. The standard InChI is InChI=1S/C15H21FO4S/c1-4-5-13(10-21(18)19)15(2,16)12-8-6-11(7-9-12)14(17)20-3/h6-9,13,21H,4-5,10H2,1-3H3. The molecule has 21 heavy (non-hydrogen) atoms. The first-order valence-corrected chi connectivity index (χ1v) is 8.18. The van der Waals surface area contributed by atoms with Crippen LogP contribution in [0.4, 0.5) is 4.39 Å². The number of thiol groups is 1. The second kappa shape index (κ2) is 7.54. The Morgan fingerprint density at radius 1 is 1.33 bits per heavy atom. The third-order valence-corrected chi connectivity index (χ3v) is 4.38. The van der Waals surface area contributed by atoms with Gasteiger partial charge in [-0.25, -0.2) is 17.6 Å². The van der Waals surface area contributed by atoms with Crippen molar-refractivity contribution in [2.75, 3.05) is 12.9 Å². The smallest absolute Gasteiger partial charge is 0.337 e. The maximum absolute atomic E-state index is 15.1. The second-order valence-electron chi connectivity index (χ2n) is 5.15. The lowest BCUT2D eigenvalue weighted by atomic mass is 9.83. The van der Waals surface area contributed by atoms with E-state index in [0.29, 0.717) is 24.0 Å². The summed E-state index contributed by atoms with van der Waals surface area (Å²) < 4.78 is 41.6. The van der Waals surface area contributed by atoms with Gasteiger partial charge >= 0.3 is 5.97 Å². The summed E-state index contributed by atoms with van der Waals surface area (Å²) in [5.74, 6) is -1.28. The Morgan fingerprint density at radius 2 is 1.90 bits per heavy atom. The summed E-state index contributed by atoms with van der Waals surface area (Å²) in [5, 5.41) is 0. The Bertz CT molecular complexity index is 541. The molecule has 0 heterocycles. The van der Waals surface area contributed by atoms with Crippen molar-refractivity contribution < 1.29 is 22.3 Å². The molecule has 6 heteroatoms. The fourth-order valence-corrected chi connectivity index (χ4v) is 3.23. The van der Waals surface area contributed by atoms with Crippen molar-refractivity contribution >= 4 is 16.7 Å². The molecule has 1 aromatic carbocycles. The lowest BCUT2D eigenvalue weighted by Gasteiger charge is -2.29. The Hall–Kier alpha value is -1.43. The van der Waals surface area contributed by atoms with Gasteiger partial charge in [-0.15, -0.1) is 0 Å². The van der Waals surface area contributed by atoms with Gasteiger partial charge in [-0.05, 0) is 31.0 Å². The minimum atomic E-state index is -2.64. The Morgan fingerprint density at radius 3 is 2.33 bits per heavy atom. The van der Waals surface area contributed by atoms with Crippen molar-refractivity contribution in [2.45, 2.75) is 32.4 Å². The molecule has 0 fully saturated rings. The molecule has 0 aliphatic carbocycles. The summed E-state index contributed by atoms with van der Waals surface area (Å²) in [5.41, 5.74) is -1.07. The monoisotopic (exact) mass is 316 g/mol. The lowest BCUT2D eigenvalue weighted by Crippen LogP contribution is -2.30. The predicted molar refractivity (Wildman–Crippen MR) is 79.8 cm³/mol. The summed E-state index contributed by atoms with van der Waals surface area (Å²) in [6, 6.07) is 5.98. The minimum absolute atomic E-state index is 0.186. The molecule has 0 aliphatic rings. The first kappa shape index (κ1) is 17.6. The van der Waals surface area contributed by atoms with E-state index in [-0.39, 0.29) is 5.75 Å². The van der Waals surface area contributed by atoms with Gasteiger partial charge in [-0.3, -0.25) is 0 Å². The van der Waals surface area contributed by atoms with E-state index in [1.807, 2.05) is 6.92 Å². The number of ether oxygens (including phenoxy) is 1. The van der Waals surface area contributed by atoms with Gasteiger partial charge in [0.25, 0.3) is 0 Å². The van der Waals surface area contributed by atoms with Crippen LogP contribution < -0.4 is 0 Å². The molecule has 1 rings (SSSR count). The number of alkyl halides is 1. The van der Waals surface area contributed by atoms with Crippen LogP contribution in [0.15, 0.2) is 24.3 Å². The van der Waals surface area contributed by atoms with Crippen molar-refractivity contribution in [3.63, 3.8) is 0 Å². The van der Waals surface area contributed by atoms with E-state index in [1.165, 1.54) is 38.3 Å². The van der Waals surface area contributed by atoms with Crippen LogP contribution in [0.1, 0.15) is 42.6 Å². The van der Waals surface area contributed by atoms with Gasteiger partial charge in [0, 0.05) is 5.92 Å². The molecule has 2 unspecified atom stereocenters. The highest BCUT2D eigenvalue weighted by atomic mass is 32.2. The molecule has 0 bridgehead atoms. The number of benzene rings is 1. The van der Waals surface area contributed by atoms with Gasteiger partial charge in [0.1, 0.15) is 16.4 Å². The third-order valence-electron chi connectivity index (χ3n) is 3.64. The molecule has 0 amide bonds. The second-order valence-corrected chi connectivity index (χ2v) is 6.18. The zero-order valence-electron chi connectivity index (χ0n) is 12.5. The first-order chi connectivity index (χ1) is 9.82. The summed E-state index contributed by atoms with van der Waals surface area (Å²) >= 11 is 0. The molecule has 118 valence electrons. The third kappa shape index (κ3) is 4.52. The van der Waals surface area contributed by atoms with E-state index in [0.717, 1.165) is 0 Å². The van der Waals surface area contributed by atoms with Gasteiger partial charge in [0.15, 0.2) is 0 Å². The maximum atomic E-state index is 15.1. The average Bonchev–Trinajstić information content (AvgIpc) is 2.45. The lowest BCUT2D eigenvalue weighted by molar-refractivity contribution is 0.0600. The zero-order chi connectivity index (χ0) is 16.0. The minimum Gasteiger partial charge on any atom is -0.465 e. The highest BCUT2D eigenvalue weighted by Gasteiger charge is 2.36. The molecule has 0 saturated carbocycles. The number of halogens is 1. The molecular weight excluding hydrogens is 295 g/mol. The van der Waals surface area contributed by atoms with E-state index in [1.54, 1.807) is 0 Å². The van der Waals surface area contributed by atoms with E-state index >= 15 is 4.39 Å². The van der Waals surface area contributed by atoms with Crippen molar-refractivity contribution in [2.24, 2.45) is 5.92 Å². The highest BCUT2D eigenvalue weighted by molar-refractivity contribution is 7.72. The van der Waals surface area contributed by atoms with Gasteiger partial charge < -0.3 is 4.74 Å². The number of carbonyl (C=O) groups excluding carboxylic acids is 1. The van der Waals surface area contributed by atoms with Crippen LogP contribution in [0.3, 0.4) is 0 Å². The van der Waals surface area contributed by atoms with Crippen LogP contribution in [-0.4, -0.2) is 27.2 Å². The molecule has 0 aromatic heterocycles. The average molecular weight is 316 g/mol. The van der Waals surface area contributed by atoms with Crippen molar-refractivity contribution in [1.82, 2.24) is 0 Å². The highest BCUT2D eigenvalue weighted by Crippen LogP contribution is 2.36. The summed E-state index contributed by atoms with van der Waals surface area (Å²) in [7, 11) is -1.36. The number of esters is 1. The molecule has 0 N–H and O–H groups in total. The largest absolute Gasteiger partial charge is 0.465 e. The normalized spacial score (nSPS) is 15.5. The van der Waals surface area contributed by atoms with Crippen LogP contribution in [0.5, 0.6) is 0 Å². The number of hydrogen-bond acceptors (Lipinski definition) is 4. The van der Waals surface area contributed by atoms with Gasteiger partial charge in [-0.2, -0.15) is 0 Å². The molecule has 1 aromatic rings. The van der Waals surface area contributed by atoms with E-state index < -0.39 is 28.3 Å². The molecule has 0 radical (unpaired) electrons. The van der Waals surface area contributed by atoms with Gasteiger partial charge in [-0.1, -0.05) is 25.5 Å². The fraction of sp³-hybridized carbons (Fsp3) is 0.533.